The summed E-state index contributed by atoms with van der Waals surface area (Å²) in [5.41, 5.74) is 2.67. The van der Waals surface area contributed by atoms with Crippen LogP contribution in [0.2, 0.25) is 0 Å². The van der Waals surface area contributed by atoms with E-state index in [1.54, 1.807) is 6.92 Å². The number of carbonyl (C=O) groups is 2. The summed E-state index contributed by atoms with van der Waals surface area (Å²) in [6.07, 6.45) is 1.44. The first kappa shape index (κ1) is 23.9. The van der Waals surface area contributed by atoms with Crippen LogP contribution < -0.4 is 22.3 Å². The number of halogens is 1. The Hall–Kier alpha value is -2.38. The van der Waals surface area contributed by atoms with Crippen molar-refractivity contribution in [2.24, 2.45) is 0 Å². The summed E-state index contributed by atoms with van der Waals surface area (Å²) in [7, 11) is 2.03. The molecule has 1 heterocycles. The lowest BCUT2D eigenvalue weighted by Crippen LogP contribution is -3.00. The summed E-state index contributed by atoms with van der Waals surface area (Å²) in [6, 6.07) is 17.6. The lowest BCUT2D eigenvalue weighted by molar-refractivity contribution is -0.914. The molecular weight excluding hydrogens is 448 g/mol. The Balaban J connectivity index is 0.00000320. The van der Waals surface area contributed by atoms with Crippen LogP contribution in [0.5, 0.6) is 0 Å². The normalized spacial score (nSPS) is 20.1. The highest BCUT2D eigenvalue weighted by Gasteiger charge is 2.40. The molecule has 2 aromatic carbocycles. The Morgan fingerprint density at radius 1 is 1.07 bits per heavy atom. The number of nitrogens with one attached hydrogen (secondary N) is 1. The molecule has 1 aliphatic rings. The lowest BCUT2D eigenvalue weighted by atomic mass is 10.0. The number of para-hydroxylation sites is 1. The van der Waals surface area contributed by atoms with Gasteiger partial charge in [-0.15, -0.1) is 0 Å². The number of benzene rings is 2. The van der Waals surface area contributed by atoms with Crippen LogP contribution in [0.1, 0.15) is 19.8 Å². The Bertz CT molecular complexity index is 846. The van der Waals surface area contributed by atoms with Crippen LogP contribution in [0.25, 0.3) is 11.1 Å². The third kappa shape index (κ3) is 6.06. The Kier molecular flexibility index (Phi) is 8.87. The number of hydrogen-bond acceptors (Lipinski definition) is 4. The zero-order chi connectivity index (χ0) is 20.7. The quantitative estimate of drug-likeness (QED) is 0.479. The zero-order valence-electron chi connectivity index (χ0n) is 17.5. The summed E-state index contributed by atoms with van der Waals surface area (Å²) in [6.45, 7) is 3.64. The molecular formula is C23H29BrN2O4. The number of amides is 1. The molecule has 1 amide bonds. The molecule has 3 rings (SSSR count). The molecule has 0 bridgehead atoms. The van der Waals surface area contributed by atoms with Crippen molar-refractivity contribution < 1.29 is 40.5 Å². The maximum absolute atomic E-state index is 12.5. The number of carbonyl (C=O) groups excluding carboxylic acids is 2. The SMILES string of the molecule is CCOC(=O)C[N+]1(C)CCC[C@H]1COC(=O)Nc1ccccc1-c1ccccc1.[Br-]. The molecule has 2 aromatic rings. The van der Waals surface area contributed by atoms with Crippen molar-refractivity contribution in [2.75, 3.05) is 38.7 Å². The van der Waals surface area contributed by atoms with Crippen LogP contribution in [0.15, 0.2) is 54.6 Å². The van der Waals surface area contributed by atoms with Gasteiger partial charge in [0.1, 0.15) is 12.6 Å². The van der Waals surface area contributed by atoms with Crippen LogP contribution in [0.4, 0.5) is 10.5 Å². The number of anilines is 1. The van der Waals surface area contributed by atoms with Crippen molar-refractivity contribution in [1.29, 1.82) is 0 Å². The molecule has 0 aliphatic carbocycles. The Morgan fingerprint density at radius 3 is 2.50 bits per heavy atom. The molecule has 6 nitrogen and oxygen atoms in total. The average Bonchev–Trinajstić information content (AvgIpc) is 3.07. The second kappa shape index (κ2) is 11.1. The molecule has 1 unspecified atom stereocenters. The van der Waals surface area contributed by atoms with Gasteiger partial charge in [-0.1, -0.05) is 48.5 Å². The third-order valence-corrected chi connectivity index (χ3v) is 5.54. The first-order valence-electron chi connectivity index (χ1n) is 10.1. The van der Waals surface area contributed by atoms with Gasteiger partial charge in [0.05, 0.1) is 25.9 Å². The molecule has 7 heteroatoms. The minimum Gasteiger partial charge on any atom is -1.00 e. The lowest BCUT2D eigenvalue weighted by Gasteiger charge is -2.34. The molecule has 0 radical (unpaired) electrons. The molecule has 1 N–H and O–H groups in total. The van der Waals surface area contributed by atoms with E-state index in [0.717, 1.165) is 30.5 Å². The first-order valence-corrected chi connectivity index (χ1v) is 10.1. The van der Waals surface area contributed by atoms with Gasteiger partial charge in [-0.3, -0.25) is 5.32 Å². The Morgan fingerprint density at radius 2 is 1.77 bits per heavy atom. The largest absolute Gasteiger partial charge is 1.00 e. The highest BCUT2D eigenvalue weighted by atomic mass is 79.9. The highest BCUT2D eigenvalue weighted by molar-refractivity contribution is 5.91. The molecule has 0 spiro atoms. The highest BCUT2D eigenvalue weighted by Crippen LogP contribution is 2.28. The van der Waals surface area contributed by atoms with E-state index >= 15 is 0 Å². The molecule has 30 heavy (non-hydrogen) atoms. The van der Waals surface area contributed by atoms with E-state index in [1.165, 1.54) is 0 Å². The van der Waals surface area contributed by atoms with Gasteiger partial charge < -0.3 is 30.9 Å². The van der Waals surface area contributed by atoms with Gasteiger partial charge in [0.25, 0.3) is 0 Å². The second-order valence-electron chi connectivity index (χ2n) is 7.60. The molecule has 1 fully saturated rings. The van der Waals surface area contributed by atoms with E-state index in [2.05, 4.69) is 5.32 Å². The van der Waals surface area contributed by atoms with Crippen LogP contribution >= 0.6 is 0 Å². The predicted octanol–water partition coefficient (Wildman–Crippen LogP) is 1.08. The van der Waals surface area contributed by atoms with Gasteiger partial charge in [0.15, 0.2) is 6.54 Å². The number of ether oxygens (including phenoxy) is 2. The van der Waals surface area contributed by atoms with E-state index in [-0.39, 0.29) is 35.6 Å². The van der Waals surface area contributed by atoms with Crippen molar-refractivity contribution in [2.45, 2.75) is 25.8 Å². The number of nitrogens with zero attached hydrogens (tertiary/aromatic N) is 1. The fourth-order valence-corrected chi connectivity index (χ4v) is 3.93. The van der Waals surface area contributed by atoms with Gasteiger partial charge in [-0.2, -0.15) is 0 Å². The number of rotatable bonds is 7. The molecule has 1 saturated heterocycles. The summed E-state index contributed by atoms with van der Waals surface area (Å²) in [5.74, 6) is -0.205. The monoisotopic (exact) mass is 476 g/mol. The molecule has 162 valence electrons. The fourth-order valence-electron chi connectivity index (χ4n) is 3.93. The molecule has 0 aromatic heterocycles. The third-order valence-electron chi connectivity index (χ3n) is 5.54. The summed E-state index contributed by atoms with van der Waals surface area (Å²) in [5, 5.41) is 2.86. The van der Waals surface area contributed by atoms with Gasteiger partial charge in [0.2, 0.25) is 0 Å². The molecule has 0 saturated carbocycles. The zero-order valence-corrected chi connectivity index (χ0v) is 19.1. The minimum atomic E-state index is -0.483. The van der Waals surface area contributed by atoms with Gasteiger partial charge in [0, 0.05) is 18.4 Å². The van der Waals surface area contributed by atoms with Crippen molar-refractivity contribution >= 4 is 17.7 Å². The molecule has 2 atom stereocenters. The van der Waals surface area contributed by atoms with Gasteiger partial charge in [-0.05, 0) is 18.6 Å². The first-order chi connectivity index (χ1) is 14.0. The maximum atomic E-state index is 12.5. The van der Waals surface area contributed by atoms with Crippen molar-refractivity contribution in [3.63, 3.8) is 0 Å². The summed E-state index contributed by atoms with van der Waals surface area (Å²) >= 11 is 0. The van der Waals surface area contributed by atoms with E-state index < -0.39 is 6.09 Å². The number of likely N-dealkylation sites (N-methyl/N-ethyl adjacent to an activating group) is 1. The maximum Gasteiger partial charge on any atom is 0.411 e. The topological polar surface area (TPSA) is 64.6 Å². The summed E-state index contributed by atoms with van der Waals surface area (Å²) < 4.78 is 11.2. The second-order valence-corrected chi connectivity index (χ2v) is 7.60. The van der Waals surface area contributed by atoms with Crippen LogP contribution in [-0.2, 0) is 14.3 Å². The average molecular weight is 477 g/mol. The van der Waals surface area contributed by atoms with Crippen LogP contribution in [0.3, 0.4) is 0 Å². The van der Waals surface area contributed by atoms with Crippen molar-refractivity contribution in [3.05, 3.63) is 54.6 Å². The number of quaternary nitrogens is 1. The van der Waals surface area contributed by atoms with Crippen LogP contribution in [0, 0.1) is 0 Å². The fraction of sp³-hybridized carbons (Fsp3) is 0.391. The van der Waals surface area contributed by atoms with Crippen LogP contribution in [-0.4, -0.2) is 55.9 Å². The van der Waals surface area contributed by atoms with E-state index in [1.807, 2.05) is 61.6 Å². The standard InChI is InChI=1S/C23H28N2O4.BrH/c1-3-28-22(26)16-25(2)15-9-12-19(25)17-29-23(27)24-21-14-8-7-13-20(21)18-10-5-4-6-11-18;/h4-8,10-11,13-14,19H,3,9,12,15-17H2,1-2H3;1H/t19-,25?;/m0./s1. The number of likely N-dealkylation sites (tertiary alicyclic amines) is 1. The molecule has 1 aliphatic heterocycles. The summed E-state index contributed by atoms with van der Waals surface area (Å²) in [4.78, 5) is 24.4. The van der Waals surface area contributed by atoms with Gasteiger partial charge in [-0.25, -0.2) is 9.59 Å². The smallest absolute Gasteiger partial charge is 0.411 e. The number of hydrogen-bond donors (Lipinski definition) is 1. The van der Waals surface area contributed by atoms with Crippen molar-refractivity contribution in [1.82, 2.24) is 0 Å². The van der Waals surface area contributed by atoms with E-state index in [9.17, 15) is 9.59 Å². The minimum absolute atomic E-state index is 0. The van der Waals surface area contributed by atoms with E-state index in [4.69, 9.17) is 9.47 Å². The van der Waals surface area contributed by atoms with E-state index in [0.29, 0.717) is 23.3 Å². The number of esters is 1. The van der Waals surface area contributed by atoms with Crippen molar-refractivity contribution in [3.8, 4) is 11.1 Å². The Labute approximate surface area is 188 Å². The predicted molar refractivity (Wildman–Crippen MR) is 112 cm³/mol. The van der Waals surface area contributed by atoms with Gasteiger partial charge >= 0.3 is 12.1 Å².